The Morgan fingerprint density at radius 3 is 2.66 bits per heavy atom. The normalized spacial score (nSPS) is 10.7. The molecule has 6 nitrogen and oxygen atoms in total. The number of alkyl halides is 2. The number of carbonyl (C=O) groups excluding carboxylic acids is 1. The van der Waals surface area contributed by atoms with Gasteiger partial charge in [0, 0.05) is 22.9 Å². The molecule has 1 N–H and O–H groups in total. The lowest BCUT2D eigenvalue weighted by Gasteiger charge is -2.22. The Hall–Kier alpha value is -3.23. The molecule has 0 unspecified atom stereocenters. The second kappa shape index (κ2) is 10.4. The Morgan fingerprint density at radius 2 is 2.03 bits per heavy atom. The third-order valence-electron chi connectivity index (χ3n) is 4.23. The number of ether oxygens (including phenoxy) is 1. The maximum Gasteiger partial charge on any atom is 0.387 e. The molecule has 2 aromatic carbocycles. The van der Waals surface area contributed by atoms with Crippen molar-refractivity contribution in [3.63, 3.8) is 0 Å². The zero-order valence-electron chi connectivity index (χ0n) is 16.9. The monoisotopic (exact) mass is 478 g/mol. The molecule has 0 atom stereocenters. The maximum absolute atomic E-state index is 14.0. The van der Waals surface area contributed by atoms with E-state index in [0.717, 1.165) is 18.0 Å². The number of hydrogen-bond acceptors (Lipinski definition) is 7. The number of amides is 1. The van der Waals surface area contributed by atoms with Crippen molar-refractivity contribution in [1.82, 2.24) is 9.71 Å². The molecule has 166 valence electrons. The number of thiazole rings is 1. The number of nitriles is 1. The molecule has 1 heterocycles. The van der Waals surface area contributed by atoms with Gasteiger partial charge in [-0.15, -0.1) is 11.3 Å². The number of aryl methyl sites for hydroxylation is 1. The average Bonchev–Trinajstić information content (AvgIpc) is 3.13. The van der Waals surface area contributed by atoms with Crippen molar-refractivity contribution in [3.8, 4) is 11.8 Å². The summed E-state index contributed by atoms with van der Waals surface area (Å²) in [6.07, 6.45) is 1.71. The summed E-state index contributed by atoms with van der Waals surface area (Å²) in [5.41, 5.74) is 1.67. The molecule has 0 saturated carbocycles. The Labute approximate surface area is 190 Å². The van der Waals surface area contributed by atoms with E-state index in [-0.39, 0.29) is 23.9 Å². The molecule has 0 aliphatic rings. The summed E-state index contributed by atoms with van der Waals surface area (Å²) >= 11 is 2.40. The van der Waals surface area contributed by atoms with Crippen LogP contribution in [-0.4, -0.2) is 23.8 Å². The van der Waals surface area contributed by atoms with E-state index in [1.165, 1.54) is 23.5 Å². The van der Waals surface area contributed by atoms with Gasteiger partial charge in [0.25, 0.3) is 5.91 Å². The van der Waals surface area contributed by atoms with Gasteiger partial charge in [-0.05, 0) is 48.9 Å². The molecule has 0 radical (unpaired) electrons. The van der Waals surface area contributed by atoms with E-state index in [9.17, 15) is 18.0 Å². The van der Waals surface area contributed by atoms with Crippen LogP contribution in [0.3, 0.4) is 0 Å². The third kappa shape index (κ3) is 5.72. The summed E-state index contributed by atoms with van der Waals surface area (Å²) in [6.45, 7) is -1.28. The van der Waals surface area contributed by atoms with Crippen molar-refractivity contribution < 1.29 is 22.7 Å². The highest BCUT2D eigenvalue weighted by atomic mass is 32.2. The molecule has 0 spiro atoms. The molecule has 3 rings (SSSR count). The number of anilines is 2. The summed E-state index contributed by atoms with van der Waals surface area (Å²) in [5.74, 6) is -1.38. The van der Waals surface area contributed by atoms with Crippen LogP contribution >= 0.6 is 23.3 Å². The van der Waals surface area contributed by atoms with Crippen LogP contribution < -0.4 is 14.4 Å². The Balaban J connectivity index is 2.02. The van der Waals surface area contributed by atoms with Gasteiger partial charge in [0.2, 0.25) is 0 Å². The van der Waals surface area contributed by atoms with E-state index in [0.29, 0.717) is 26.8 Å². The van der Waals surface area contributed by atoms with Crippen LogP contribution in [0.4, 0.5) is 24.0 Å². The van der Waals surface area contributed by atoms with Gasteiger partial charge in [0.05, 0.1) is 18.2 Å². The predicted octanol–water partition coefficient (Wildman–Crippen LogP) is 5.41. The van der Waals surface area contributed by atoms with Crippen LogP contribution in [0.1, 0.15) is 26.5 Å². The van der Waals surface area contributed by atoms with Crippen LogP contribution in [0.15, 0.2) is 42.5 Å². The molecule has 11 heteroatoms. The highest BCUT2D eigenvalue weighted by Crippen LogP contribution is 2.34. The first-order chi connectivity index (χ1) is 15.3. The zero-order valence-corrected chi connectivity index (χ0v) is 18.6. The Kier molecular flexibility index (Phi) is 7.61. The van der Waals surface area contributed by atoms with Crippen molar-refractivity contribution in [2.75, 3.05) is 11.2 Å². The quantitative estimate of drug-likeness (QED) is 0.436. The fourth-order valence-corrected chi connectivity index (χ4v) is 4.11. The highest BCUT2D eigenvalue weighted by molar-refractivity contribution is 7.97. The van der Waals surface area contributed by atoms with Gasteiger partial charge in [0.1, 0.15) is 17.3 Å². The lowest BCUT2D eigenvalue weighted by Crippen LogP contribution is -2.19. The number of aromatic nitrogens is 1. The summed E-state index contributed by atoms with van der Waals surface area (Å²) in [5, 5.41) is 9.51. The number of benzene rings is 2. The first kappa shape index (κ1) is 23.4. The van der Waals surface area contributed by atoms with Gasteiger partial charge < -0.3 is 9.64 Å². The van der Waals surface area contributed by atoms with Crippen LogP contribution in [0.2, 0.25) is 0 Å². The SMILES string of the molecule is CSNC(=O)c1nc(N(Cc2cc(F)cc(OC(F)F)c2)c2ccc(C#N)cc2)sc1C. The lowest BCUT2D eigenvalue weighted by atomic mass is 10.1. The fraction of sp³-hybridized carbons (Fsp3) is 0.190. The number of nitrogens with one attached hydrogen (secondary N) is 1. The molecule has 0 saturated heterocycles. The van der Waals surface area contributed by atoms with Gasteiger partial charge in [-0.25, -0.2) is 9.37 Å². The summed E-state index contributed by atoms with van der Waals surface area (Å²) < 4.78 is 46.2. The molecular weight excluding hydrogens is 461 g/mol. The van der Waals surface area contributed by atoms with Gasteiger partial charge in [-0.2, -0.15) is 14.0 Å². The smallest absolute Gasteiger partial charge is 0.387 e. The topological polar surface area (TPSA) is 78.2 Å². The van der Waals surface area contributed by atoms with E-state index in [2.05, 4.69) is 14.4 Å². The minimum Gasteiger partial charge on any atom is -0.435 e. The second-order valence-electron chi connectivity index (χ2n) is 6.46. The van der Waals surface area contributed by atoms with Gasteiger partial charge in [0.15, 0.2) is 5.13 Å². The van der Waals surface area contributed by atoms with Crippen LogP contribution in [0, 0.1) is 24.1 Å². The minimum atomic E-state index is -3.08. The van der Waals surface area contributed by atoms with Crippen molar-refractivity contribution in [2.24, 2.45) is 0 Å². The van der Waals surface area contributed by atoms with E-state index < -0.39 is 12.4 Å². The fourth-order valence-electron chi connectivity index (χ4n) is 2.90. The first-order valence-electron chi connectivity index (χ1n) is 9.13. The third-order valence-corrected chi connectivity index (χ3v) is 5.61. The number of nitrogens with zero attached hydrogens (tertiary/aromatic N) is 3. The maximum atomic E-state index is 14.0. The van der Waals surface area contributed by atoms with Gasteiger partial charge >= 0.3 is 6.61 Å². The largest absolute Gasteiger partial charge is 0.435 e. The van der Waals surface area contributed by atoms with Crippen LogP contribution in [0.25, 0.3) is 0 Å². The minimum absolute atomic E-state index is 0.0554. The Morgan fingerprint density at radius 1 is 1.31 bits per heavy atom. The summed E-state index contributed by atoms with van der Waals surface area (Å²) in [4.78, 5) is 19.1. The van der Waals surface area contributed by atoms with Gasteiger partial charge in [-0.3, -0.25) is 9.52 Å². The van der Waals surface area contributed by atoms with Crippen molar-refractivity contribution in [2.45, 2.75) is 20.1 Å². The molecule has 1 amide bonds. The van der Waals surface area contributed by atoms with E-state index >= 15 is 0 Å². The molecular formula is C21H17F3N4O2S2. The van der Waals surface area contributed by atoms with E-state index in [4.69, 9.17) is 5.26 Å². The molecule has 0 bridgehead atoms. The number of hydrogen-bond donors (Lipinski definition) is 1. The summed E-state index contributed by atoms with van der Waals surface area (Å²) in [7, 11) is 0. The number of halogens is 3. The predicted molar refractivity (Wildman–Crippen MR) is 118 cm³/mol. The van der Waals surface area contributed by atoms with Gasteiger partial charge in [-0.1, -0.05) is 11.9 Å². The number of rotatable bonds is 8. The van der Waals surface area contributed by atoms with E-state index in [1.807, 2.05) is 6.07 Å². The van der Waals surface area contributed by atoms with Crippen molar-refractivity contribution >= 4 is 40.0 Å². The number of carbonyl (C=O) groups is 1. The Bertz CT molecular complexity index is 1150. The summed E-state index contributed by atoms with van der Waals surface area (Å²) in [6, 6.07) is 12.0. The lowest BCUT2D eigenvalue weighted by molar-refractivity contribution is -0.0500. The first-order valence-corrected chi connectivity index (χ1v) is 11.2. The van der Waals surface area contributed by atoms with Crippen molar-refractivity contribution in [1.29, 1.82) is 5.26 Å². The molecule has 32 heavy (non-hydrogen) atoms. The molecule has 0 aliphatic carbocycles. The zero-order chi connectivity index (χ0) is 23.3. The standard InChI is InChI=1S/C21H17F3N4O2S2/c1-12-18(19(29)27-31-2)26-21(32-12)28(16-5-3-13(10-25)4-6-16)11-14-7-15(22)9-17(8-14)30-20(23)24/h3-9,20H,11H2,1-2H3,(H,27,29). The van der Waals surface area contributed by atoms with Crippen LogP contribution in [-0.2, 0) is 6.54 Å². The van der Waals surface area contributed by atoms with Crippen LogP contribution in [0.5, 0.6) is 5.75 Å². The average molecular weight is 479 g/mol. The molecule has 3 aromatic rings. The highest BCUT2D eigenvalue weighted by Gasteiger charge is 2.21. The molecule has 0 aliphatic heterocycles. The van der Waals surface area contributed by atoms with Crippen molar-refractivity contribution in [3.05, 3.63) is 70.0 Å². The second-order valence-corrected chi connectivity index (χ2v) is 8.25. The van der Waals surface area contributed by atoms with E-state index in [1.54, 1.807) is 42.3 Å². The molecule has 0 fully saturated rings. The molecule has 1 aromatic heterocycles.